The first-order valence-electron chi connectivity index (χ1n) is 7.89. The highest BCUT2D eigenvalue weighted by molar-refractivity contribution is 5.97. The van der Waals surface area contributed by atoms with Crippen LogP contribution in [0.5, 0.6) is 11.5 Å². The molecular formula is C17H24N2O5. The van der Waals surface area contributed by atoms with Gasteiger partial charge in [-0.3, -0.25) is 9.69 Å². The summed E-state index contributed by atoms with van der Waals surface area (Å²) in [6.45, 7) is 5.02. The maximum Gasteiger partial charge on any atom is 0.325 e. The van der Waals surface area contributed by atoms with Gasteiger partial charge in [-0.25, -0.2) is 4.79 Å². The van der Waals surface area contributed by atoms with Crippen LogP contribution in [-0.4, -0.2) is 55.4 Å². The Kier molecular flexibility index (Phi) is 5.54. The number of benzene rings is 1. The number of carbonyl (C=O) groups is 2. The molecule has 1 N–H and O–H groups in total. The molecule has 24 heavy (non-hydrogen) atoms. The number of ether oxygens (including phenoxy) is 2. The lowest BCUT2D eigenvalue weighted by molar-refractivity contribution is -0.137. The van der Waals surface area contributed by atoms with Crippen molar-refractivity contribution >= 4 is 17.7 Å². The number of anilines is 1. The SMILES string of the molecule is COc1ccc(N2C(=O)N(CC(C)C)CC2CC(=O)O)c(OC)c1. The average molecular weight is 336 g/mol. The summed E-state index contributed by atoms with van der Waals surface area (Å²) in [6.07, 6.45) is -0.116. The number of amides is 2. The van der Waals surface area contributed by atoms with Gasteiger partial charge in [0.2, 0.25) is 0 Å². The zero-order chi connectivity index (χ0) is 17.9. The van der Waals surface area contributed by atoms with E-state index >= 15 is 0 Å². The molecule has 1 aromatic rings. The lowest BCUT2D eigenvalue weighted by atomic mass is 10.1. The van der Waals surface area contributed by atoms with Gasteiger partial charge in [0.1, 0.15) is 11.5 Å². The van der Waals surface area contributed by atoms with Crippen LogP contribution in [0.4, 0.5) is 10.5 Å². The molecule has 2 amide bonds. The molecule has 0 bridgehead atoms. The van der Waals surface area contributed by atoms with E-state index in [0.29, 0.717) is 36.2 Å². The van der Waals surface area contributed by atoms with Crippen molar-refractivity contribution in [2.24, 2.45) is 5.92 Å². The summed E-state index contributed by atoms with van der Waals surface area (Å²) in [6, 6.07) is 4.51. The van der Waals surface area contributed by atoms with Crippen molar-refractivity contribution in [2.45, 2.75) is 26.3 Å². The number of carboxylic acid groups (broad SMARTS) is 1. The molecule has 0 aliphatic carbocycles. The van der Waals surface area contributed by atoms with Gasteiger partial charge in [0, 0.05) is 19.2 Å². The first-order chi connectivity index (χ1) is 11.4. The van der Waals surface area contributed by atoms with E-state index in [-0.39, 0.29) is 12.5 Å². The molecule has 0 spiro atoms. The quantitative estimate of drug-likeness (QED) is 0.827. The van der Waals surface area contributed by atoms with Crippen LogP contribution in [-0.2, 0) is 4.79 Å². The molecule has 1 saturated heterocycles. The van der Waals surface area contributed by atoms with Gasteiger partial charge < -0.3 is 19.5 Å². The predicted octanol–water partition coefficient (Wildman–Crippen LogP) is 2.45. The third-order valence-electron chi connectivity index (χ3n) is 3.92. The number of nitrogens with zero attached hydrogens (tertiary/aromatic N) is 2. The summed E-state index contributed by atoms with van der Waals surface area (Å²) in [5.41, 5.74) is 0.556. The molecule has 0 saturated carbocycles. The molecule has 1 unspecified atom stereocenters. The number of aliphatic carboxylic acids is 1. The van der Waals surface area contributed by atoms with Gasteiger partial charge >= 0.3 is 12.0 Å². The fourth-order valence-corrected chi connectivity index (χ4v) is 2.96. The number of hydrogen-bond acceptors (Lipinski definition) is 4. The van der Waals surface area contributed by atoms with Crippen molar-refractivity contribution in [3.05, 3.63) is 18.2 Å². The molecule has 0 radical (unpaired) electrons. The normalized spacial score (nSPS) is 17.5. The van der Waals surface area contributed by atoms with Crippen LogP contribution in [0.25, 0.3) is 0 Å². The summed E-state index contributed by atoms with van der Waals surface area (Å²) in [5.74, 6) is 0.453. The second-order valence-electron chi connectivity index (χ2n) is 6.24. The zero-order valence-electron chi connectivity index (χ0n) is 14.5. The van der Waals surface area contributed by atoms with Crippen LogP contribution in [0.2, 0.25) is 0 Å². The molecule has 1 aromatic carbocycles. The second kappa shape index (κ2) is 7.42. The molecule has 0 aromatic heterocycles. The largest absolute Gasteiger partial charge is 0.497 e. The Morgan fingerprint density at radius 1 is 1.33 bits per heavy atom. The van der Waals surface area contributed by atoms with Crippen LogP contribution in [0.3, 0.4) is 0 Å². The number of hydrogen-bond donors (Lipinski definition) is 1. The highest BCUT2D eigenvalue weighted by Gasteiger charge is 2.40. The minimum atomic E-state index is -0.934. The van der Waals surface area contributed by atoms with Crippen LogP contribution in [0.15, 0.2) is 18.2 Å². The van der Waals surface area contributed by atoms with Crippen LogP contribution < -0.4 is 14.4 Å². The minimum absolute atomic E-state index is 0.116. The predicted molar refractivity (Wildman–Crippen MR) is 89.9 cm³/mol. The highest BCUT2D eigenvalue weighted by Crippen LogP contribution is 2.37. The Bertz CT molecular complexity index is 617. The van der Waals surface area contributed by atoms with Gasteiger partial charge in [-0.05, 0) is 18.1 Å². The molecule has 1 aliphatic heterocycles. The maximum atomic E-state index is 12.8. The van der Waals surface area contributed by atoms with E-state index in [0.717, 1.165) is 0 Å². The van der Waals surface area contributed by atoms with Gasteiger partial charge in [-0.1, -0.05) is 13.8 Å². The summed E-state index contributed by atoms with van der Waals surface area (Å²) in [4.78, 5) is 27.3. The summed E-state index contributed by atoms with van der Waals surface area (Å²) in [5, 5.41) is 9.19. The van der Waals surface area contributed by atoms with E-state index in [1.165, 1.54) is 12.0 Å². The molecule has 1 aliphatic rings. The third kappa shape index (κ3) is 3.72. The van der Waals surface area contributed by atoms with E-state index in [4.69, 9.17) is 9.47 Å². The Morgan fingerprint density at radius 3 is 2.58 bits per heavy atom. The topological polar surface area (TPSA) is 79.3 Å². The second-order valence-corrected chi connectivity index (χ2v) is 6.24. The lowest BCUT2D eigenvalue weighted by Gasteiger charge is -2.24. The van der Waals surface area contributed by atoms with Crippen LogP contribution in [0, 0.1) is 5.92 Å². The first kappa shape index (κ1) is 17.9. The van der Waals surface area contributed by atoms with Gasteiger partial charge in [0.05, 0.1) is 32.4 Å². The van der Waals surface area contributed by atoms with E-state index in [2.05, 4.69) is 0 Å². The number of carbonyl (C=O) groups excluding carboxylic acids is 1. The Labute approximate surface area is 141 Å². The van der Waals surface area contributed by atoms with Crippen molar-refractivity contribution in [3.63, 3.8) is 0 Å². The van der Waals surface area contributed by atoms with Gasteiger partial charge in [-0.15, -0.1) is 0 Å². The van der Waals surface area contributed by atoms with Gasteiger partial charge in [0.25, 0.3) is 0 Å². The monoisotopic (exact) mass is 336 g/mol. The molecule has 2 rings (SSSR count). The van der Waals surface area contributed by atoms with Crippen molar-refractivity contribution in [1.82, 2.24) is 4.90 Å². The number of urea groups is 1. The van der Waals surface area contributed by atoms with Crippen molar-refractivity contribution in [2.75, 3.05) is 32.2 Å². The Hall–Kier alpha value is -2.44. The van der Waals surface area contributed by atoms with Gasteiger partial charge in [0.15, 0.2) is 0 Å². The molecule has 1 fully saturated rings. The molecule has 7 nitrogen and oxygen atoms in total. The van der Waals surface area contributed by atoms with E-state index in [9.17, 15) is 14.7 Å². The molecule has 1 heterocycles. The van der Waals surface area contributed by atoms with Crippen molar-refractivity contribution in [3.8, 4) is 11.5 Å². The highest BCUT2D eigenvalue weighted by atomic mass is 16.5. The van der Waals surface area contributed by atoms with E-state index in [1.54, 1.807) is 30.2 Å². The van der Waals surface area contributed by atoms with Crippen LogP contribution in [0.1, 0.15) is 20.3 Å². The fourth-order valence-electron chi connectivity index (χ4n) is 2.96. The van der Waals surface area contributed by atoms with Crippen molar-refractivity contribution < 1.29 is 24.2 Å². The Morgan fingerprint density at radius 2 is 2.04 bits per heavy atom. The number of methoxy groups -OCH3 is 2. The molecule has 7 heteroatoms. The lowest BCUT2D eigenvalue weighted by Crippen LogP contribution is -2.37. The van der Waals surface area contributed by atoms with Crippen molar-refractivity contribution in [1.29, 1.82) is 0 Å². The maximum absolute atomic E-state index is 12.8. The standard InChI is InChI=1S/C17H24N2O5/c1-11(2)9-18-10-12(7-16(20)21)19(17(18)22)14-6-5-13(23-3)8-15(14)24-4/h5-6,8,11-12H,7,9-10H2,1-4H3,(H,20,21). The zero-order valence-corrected chi connectivity index (χ0v) is 14.5. The van der Waals surface area contributed by atoms with Gasteiger partial charge in [-0.2, -0.15) is 0 Å². The average Bonchev–Trinajstić information content (AvgIpc) is 2.81. The smallest absolute Gasteiger partial charge is 0.325 e. The van der Waals surface area contributed by atoms with E-state index < -0.39 is 12.0 Å². The molecule has 132 valence electrons. The summed E-state index contributed by atoms with van der Waals surface area (Å²) < 4.78 is 10.6. The number of carboxylic acids is 1. The summed E-state index contributed by atoms with van der Waals surface area (Å²) in [7, 11) is 3.06. The van der Waals surface area contributed by atoms with E-state index in [1.807, 2.05) is 13.8 Å². The first-order valence-corrected chi connectivity index (χ1v) is 7.89. The van der Waals surface area contributed by atoms with Crippen LogP contribution >= 0.6 is 0 Å². The Balaban J connectivity index is 2.39. The number of rotatable bonds is 7. The fraction of sp³-hybridized carbons (Fsp3) is 0.529. The minimum Gasteiger partial charge on any atom is -0.497 e. The third-order valence-corrected chi connectivity index (χ3v) is 3.92. The molecular weight excluding hydrogens is 312 g/mol. The summed E-state index contributed by atoms with van der Waals surface area (Å²) >= 11 is 0. The molecule has 1 atom stereocenters.